The molecule has 1 N–H and O–H groups in total. The standard InChI is InChI=1S/C6H6N2OS/c9-6-1-2-8-5(3-6)4-10-7-8/h1-3,7H,4H2. The lowest BCUT2D eigenvalue weighted by atomic mass is 10.4. The minimum absolute atomic E-state index is 0.0792. The topological polar surface area (TPSA) is 34.0 Å². The maximum atomic E-state index is 10.8. The Hall–Kier alpha value is -0.900. The lowest BCUT2D eigenvalue weighted by molar-refractivity contribution is 0.947. The quantitative estimate of drug-likeness (QED) is 0.554. The summed E-state index contributed by atoms with van der Waals surface area (Å²) in [5, 5.41) is 0. The highest BCUT2D eigenvalue weighted by molar-refractivity contribution is 7.99. The van der Waals surface area contributed by atoms with Crippen LogP contribution in [-0.2, 0) is 5.75 Å². The smallest absolute Gasteiger partial charge is 0.182 e. The van der Waals surface area contributed by atoms with Gasteiger partial charge in [0.1, 0.15) is 0 Å². The normalized spacial score (nSPS) is 14.4. The number of pyridine rings is 1. The molecule has 1 aromatic rings. The number of rotatable bonds is 0. The van der Waals surface area contributed by atoms with Crippen LogP contribution in [0.5, 0.6) is 0 Å². The van der Waals surface area contributed by atoms with E-state index in [-0.39, 0.29) is 5.43 Å². The summed E-state index contributed by atoms with van der Waals surface area (Å²) in [6, 6.07) is 3.19. The highest BCUT2D eigenvalue weighted by Gasteiger charge is 2.06. The minimum atomic E-state index is 0.0792. The molecule has 1 aliphatic rings. The average Bonchev–Trinajstić information content (AvgIpc) is 2.33. The summed E-state index contributed by atoms with van der Waals surface area (Å²) < 4.78 is 1.85. The number of aromatic nitrogens is 1. The van der Waals surface area contributed by atoms with Crippen LogP contribution in [0.3, 0.4) is 0 Å². The van der Waals surface area contributed by atoms with E-state index in [0.717, 1.165) is 11.4 Å². The molecule has 2 rings (SSSR count). The Morgan fingerprint density at radius 1 is 1.70 bits per heavy atom. The molecule has 52 valence electrons. The van der Waals surface area contributed by atoms with Crippen molar-refractivity contribution in [3.63, 3.8) is 0 Å². The number of fused-ring (bicyclic) bond motifs is 1. The molecule has 0 bridgehead atoms. The zero-order valence-electron chi connectivity index (χ0n) is 5.20. The van der Waals surface area contributed by atoms with Crippen molar-refractivity contribution in [2.75, 3.05) is 4.83 Å². The molecule has 0 unspecified atom stereocenters. The molecular weight excluding hydrogens is 148 g/mol. The molecule has 0 fully saturated rings. The fourth-order valence-corrected chi connectivity index (χ4v) is 1.65. The number of nitrogens with one attached hydrogen (secondary N) is 1. The van der Waals surface area contributed by atoms with E-state index in [0.29, 0.717) is 0 Å². The van der Waals surface area contributed by atoms with Crippen LogP contribution in [0.1, 0.15) is 5.69 Å². The molecule has 0 saturated carbocycles. The largest absolute Gasteiger partial charge is 0.290 e. The molecule has 0 spiro atoms. The number of hydrogen-bond acceptors (Lipinski definition) is 3. The van der Waals surface area contributed by atoms with Gasteiger partial charge in [-0.25, -0.2) is 0 Å². The van der Waals surface area contributed by atoms with Crippen molar-refractivity contribution in [3.8, 4) is 0 Å². The monoisotopic (exact) mass is 154 g/mol. The second kappa shape index (κ2) is 2.05. The fraction of sp³-hybridized carbons (Fsp3) is 0.167. The van der Waals surface area contributed by atoms with Crippen molar-refractivity contribution >= 4 is 11.9 Å². The SMILES string of the molecule is O=c1ccn2c(c1)CSN2. The molecular formula is C6H6N2OS. The van der Waals surface area contributed by atoms with Crippen molar-refractivity contribution in [2.45, 2.75) is 5.75 Å². The van der Waals surface area contributed by atoms with Crippen LogP contribution in [-0.4, -0.2) is 4.68 Å². The first-order valence-electron chi connectivity index (χ1n) is 2.96. The van der Waals surface area contributed by atoms with E-state index < -0.39 is 0 Å². The lowest BCUT2D eigenvalue weighted by Gasteiger charge is -1.99. The molecule has 1 aliphatic heterocycles. The molecule has 0 saturated heterocycles. The molecule has 0 atom stereocenters. The van der Waals surface area contributed by atoms with Crippen LogP contribution in [0.4, 0.5) is 0 Å². The first-order chi connectivity index (χ1) is 4.86. The number of hydrogen-bond donors (Lipinski definition) is 1. The van der Waals surface area contributed by atoms with Gasteiger partial charge in [0.05, 0.1) is 11.4 Å². The van der Waals surface area contributed by atoms with Crippen LogP contribution in [0.2, 0.25) is 0 Å². The summed E-state index contributed by atoms with van der Waals surface area (Å²) in [5.74, 6) is 0.871. The summed E-state index contributed by atoms with van der Waals surface area (Å²) >= 11 is 1.59. The van der Waals surface area contributed by atoms with E-state index in [4.69, 9.17) is 0 Å². The second-order valence-electron chi connectivity index (χ2n) is 2.10. The van der Waals surface area contributed by atoms with Gasteiger partial charge < -0.3 is 0 Å². The van der Waals surface area contributed by atoms with E-state index in [1.54, 1.807) is 30.3 Å². The van der Waals surface area contributed by atoms with Gasteiger partial charge >= 0.3 is 0 Å². The second-order valence-corrected chi connectivity index (χ2v) is 2.86. The van der Waals surface area contributed by atoms with E-state index >= 15 is 0 Å². The Kier molecular flexibility index (Phi) is 1.20. The van der Waals surface area contributed by atoms with Crippen molar-refractivity contribution < 1.29 is 0 Å². The molecule has 0 radical (unpaired) electrons. The Morgan fingerprint density at radius 2 is 2.60 bits per heavy atom. The van der Waals surface area contributed by atoms with Gasteiger partial charge in [0.25, 0.3) is 0 Å². The Bertz CT molecular complexity index is 307. The highest BCUT2D eigenvalue weighted by atomic mass is 32.2. The maximum Gasteiger partial charge on any atom is 0.182 e. The first kappa shape index (κ1) is 5.85. The maximum absolute atomic E-state index is 10.8. The van der Waals surface area contributed by atoms with E-state index in [1.807, 2.05) is 4.68 Å². The molecule has 3 nitrogen and oxygen atoms in total. The van der Waals surface area contributed by atoms with E-state index in [2.05, 4.69) is 4.83 Å². The Morgan fingerprint density at radius 3 is 3.50 bits per heavy atom. The van der Waals surface area contributed by atoms with Crippen molar-refractivity contribution in [3.05, 3.63) is 34.2 Å². The van der Waals surface area contributed by atoms with Gasteiger partial charge in [-0.1, -0.05) is 0 Å². The molecule has 0 amide bonds. The fourth-order valence-electron chi connectivity index (χ4n) is 0.902. The van der Waals surface area contributed by atoms with Gasteiger partial charge in [0, 0.05) is 18.3 Å². The highest BCUT2D eigenvalue weighted by Crippen LogP contribution is 2.14. The van der Waals surface area contributed by atoms with Crippen LogP contribution < -0.4 is 10.3 Å². The van der Waals surface area contributed by atoms with Gasteiger partial charge in [-0.15, -0.1) is 0 Å². The first-order valence-corrected chi connectivity index (χ1v) is 3.94. The summed E-state index contributed by atoms with van der Waals surface area (Å²) in [6.07, 6.45) is 1.75. The molecule has 0 aromatic carbocycles. The molecule has 4 heteroatoms. The van der Waals surface area contributed by atoms with E-state index in [1.165, 1.54) is 0 Å². The third-order valence-electron chi connectivity index (χ3n) is 1.39. The average molecular weight is 154 g/mol. The summed E-state index contributed by atoms with van der Waals surface area (Å²) in [7, 11) is 0. The third-order valence-corrected chi connectivity index (χ3v) is 2.16. The predicted molar refractivity (Wildman–Crippen MR) is 41.4 cm³/mol. The third kappa shape index (κ3) is 0.806. The van der Waals surface area contributed by atoms with Crippen molar-refractivity contribution in [2.24, 2.45) is 0 Å². The minimum Gasteiger partial charge on any atom is -0.290 e. The van der Waals surface area contributed by atoms with Gasteiger partial charge in [0.2, 0.25) is 0 Å². The van der Waals surface area contributed by atoms with E-state index in [9.17, 15) is 4.79 Å². The van der Waals surface area contributed by atoms with Gasteiger partial charge in [0.15, 0.2) is 5.43 Å². The molecule has 0 aliphatic carbocycles. The van der Waals surface area contributed by atoms with Crippen LogP contribution in [0.25, 0.3) is 0 Å². The summed E-state index contributed by atoms with van der Waals surface area (Å²) in [4.78, 5) is 13.8. The molecule has 2 heterocycles. The number of nitrogens with zero attached hydrogens (tertiary/aromatic N) is 1. The van der Waals surface area contributed by atoms with Gasteiger partial charge in [-0.05, 0) is 11.9 Å². The lowest BCUT2D eigenvalue weighted by Crippen LogP contribution is -2.08. The summed E-state index contributed by atoms with van der Waals surface area (Å²) in [6.45, 7) is 0. The van der Waals surface area contributed by atoms with Crippen LogP contribution >= 0.6 is 11.9 Å². The Labute approximate surface area is 62.2 Å². The predicted octanol–water partition coefficient (Wildman–Crippen LogP) is 0.554. The van der Waals surface area contributed by atoms with Crippen LogP contribution in [0.15, 0.2) is 23.1 Å². The molecule has 10 heavy (non-hydrogen) atoms. The summed E-state index contributed by atoms with van der Waals surface area (Å²) in [5.41, 5.74) is 1.12. The van der Waals surface area contributed by atoms with Crippen LogP contribution in [0, 0.1) is 0 Å². The zero-order valence-corrected chi connectivity index (χ0v) is 6.02. The van der Waals surface area contributed by atoms with Gasteiger partial charge in [-0.3, -0.25) is 14.3 Å². The molecule has 1 aromatic heterocycles. The Balaban J connectivity index is 2.63. The van der Waals surface area contributed by atoms with Crippen molar-refractivity contribution in [1.29, 1.82) is 0 Å². The zero-order chi connectivity index (χ0) is 6.97. The van der Waals surface area contributed by atoms with Gasteiger partial charge in [-0.2, -0.15) is 0 Å². The van der Waals surface area contributed by atoms with Crippen molar-refractivity contribution in [1.82, 2.24) is 4.68 Å².